The fourth-order valence-electron chi connectivity index (χ4n) is 3.59. The zero-order valence-corrected chi connectivity index (χ0v) is 24.5. The molecule has 5 N–H and O–H groups in total. The fourth-order valence-corrected chi connectivity index (χ4v) is 3.59. The Morgan fingerprint density at radius 1 is 0.975 bits per heavy atom. The average molecular weight is 572 g/mol. The molecule has 5 atom stereocenters. The van der Waals surface area contributed by atoms with Crippen molar-refractivity contribution in [3.05, 3.63) is 22.6 Å². The van der Waals surface area contributed by atoms with Crippen LogP contribution in [0.2, 0.25) is 0 Å². The number of rotatable bonds is 21. The summed E-state index contributed by atoms with van der Waals surface area (Å²) in [4.78, 5) is 39.4. The van der Waals surface area contributed by atoms with Gasteiger partial charge in [0.05, 0.1) is 6.54 Å². The Balaban J connectivity index is 4.26. The molecule has 0 aromatic carbocycles. The number of methoxy groups -OCH3 is 1. The first-order valence-corrected chi connectivity index (χ1v) is 13.8. The van der Waals surface area contributed by atoms with Crippen molar-refractivity contribution >= 4 is 17.8 Å². The highest BCUT2D eigenvalue weighted by Gasteiger charge is 2.36. The van der Waals surface area contributed by atoms with E-state index in [0.29, 0.717) is 13.0 Å². The molecule has 230 valence electrons. The Bertz CT molecular complexity index is 826. The Morgan fingerprint density at radius 3 is 2.15 bits per heavy atom. The molecule has 0 aliphatic heterocycles. The predicted molar refractivity (Wildman–Crippen MR) is 150 cm³/mol. The van der Waals surface area contributed by atoms with Crippen molar-refractivity contribution in [1.82, 2.24) is 10.6 Å². The molecule has 0 aromatic rings. The molecule has 0 rings (SSSR count). The number of ether oxygens (including phenoxy) is 2. The third kappa shape index (κ3) is 17.8. The van der Waals surface area contributed by atoms with E-state index in [9.17, 15) is 29.7 Å². The van der Waals surface area contributed by atoms with Crippen LogP contribution >= 0.6 is 0 Å². The summed E-state index contributed by atoms with van der Waals surface area (Å²) in [5, 5.41) is 39.2. The van der Waals surface area contributed by atoms with Crippen LogP contribution in [-0.4, -0.2) is 90.4 Å². The Hall–Kier alpha value is -2.70. The fraction of sp³-hybridized carbons (Fsp3) is 0.815. The van der Waals surface area contributed by atoms with E-state index < -0.39 is 42.3 Å². The summed E-state index contributed by atoms with van der Waals surface area (Å²) >= 11 is 0. The molecule has 0 aliphatic carbocycles. The number of carbonyl (C=O) groups is 3. The van der Waals surface area contributed by atoms with Crippen molar-refractivity contribution in [2.24, 2.45) is 10.5 Å². The minimum atomic E-state index is -1.75. The highest BCUT2D eigenvalue weighted by atomic mass is 16.5. The van der Waals surface area contributed by atoms with Crippen LogP contribution < -0.4 is 10.6 Å². The van der Waals surface area contributed by atoms with Crippen molar-refractivity contribution in [3.63, 3.8) is 0 Å². The zero-order valence-electron chi connectivity index (χ0n) is 24.5. The van der Waals surface area contributed by atoms with Crippen LogP contribution in [0.3, 0.4) is 0 Å². The maximum Gasteiger partial charge on any atom is 0.305 e. The van der Waals surface area contributed by atoms with Gasteiger partial charge in [0.25, 0.3) is 5.91 Å². The van der Waals surface area contributed by atoms with Gasteiger partial charge in [0, 0.05) is 25.0 Å². The van der Waals surface area contributed by atoms with Gasteiger partial charge >= 0.3 is 5.97 Å². The molecule has 0 fully saturated rings. The molecule has 0 unspecified atom stereocenters. The second kappa shape index (κ2) is 21.1. The Kier molecular flexibility index (Phi) is 19.7. The monoisotopic (exact) mass is 571 g/mol. The average Bonchev–Trinajstić information content (AvgIpc) is 2.89. The topological polar surface area (TPSA) is 203 Å². The number of allylic oxidation sites excluding steroid dienone is 1. The number of azide groups is 1. The van der Waals surface area contributed by atoms with E-state index in [4.69, 9.17) is 15.0 Å². The second-order valence-electron chi connectivity index (χ2n) is 10.8. The number of unbranched alkanes of at least 4 members (excludes halogenated alkanes) is 6. The summed E-state index contributed by atoms with van der Waals surface area (Å²) in [6, 6.07) is -1.00. The maximum absolute atomic E-state index is 12.6. The molecule has 0 aromatic heterocycles. The first-order chi connectivity index (χ1) is 18.8. The van der Waals surface area contributed by atoms with E-state index in [1.165, 1.54) is 13.0 Å². The van der Waals surface area contributed by atoms with E-state index in [0.717, 1.165) is 52.1 Å². The minimum Gasteiger partial charge on any atom is -0.464 e. The number of carbonyl (C=O) groups excluding carboxylic acids is 3. The van der Waals surface area contributed by atoms with E-state index in [-0.39, 0.29) is 24.5 Å². The highest BCUT2D eigenvalue weighted by molar-refractivity contribution is 5.89. The summed E-state index contributed by atoms with van der Waals surface area (Å²) in [6.45, 7) is 7.68. The summed E-state index contributed by atoms with van der Waals surface area (Å²) in [5.41, 5.74) is 7.95. The third-order valence-corrected chi connectivity index (χ3v) is 5.93. The number of nitrogens with one attached hydrogen (secondary N) is 2. The summed E-state index contributed by atoms with van der Waals surface area (Å²) in [7, 11) is 1.16. The molecule has 0 heterocycles. The lowest BCUT2D eigenvalue weighted by Gasteiger charge is -2.28. The lowest BCUT2D eigenvalue weighted by Crippen LogP contribution is -2.55. The molecule has 0 spiro atoms. The quantitative estimate of drug-likeness (QED) is 0.0344. The largest absolute Gasteiger partial charge is 0.464 e. The van der Waals surface area contributed by atoms with Gasteiger partial charge in [0.1, 0.15) is 31.0 Å². The molecule has 40 heavy (non-hydrogen) atoms. The predicted octanol–water partition coefficient (Wildman–Crippen LogP) is 2.28. The van der Waals surface area contributed by atoms with Crippen molar-refractivity contribution in [2.45, 2.75) is 110 Å². The molecule has 0 bridgehead atoms. The Morgan fingerprint density at radius 2 is 1.57 bits per heavy atom. The standard InChI is InChI=1S/C27H49N5O8/c1-19(31-26(38)24(39-5)23(36)22(35)20(33)14-15-27(2,3)4)25(37)29-17-18-40-21(34)13-11-9-7-6-8-10-12-16-30-32-28/h14-15,19-20,22-24,33,35-36H,6-13,16-18H2,1-5H3,(H,29,37)(H,31,38)/b15-14+/t19-,20+,22-,23+,24+/m0/s1. The number of aliphatic hydroxyl groups is 3. The molecular weight excluding hydrogens is 522 g/mol. The number of hydrogen-bond acceptors (Lipinski definition) is 9. The molecule has 0 aliphatic rings. The molecule has 0 saturated carbocycles. The van der Waals surface area contributed by atoms with Gasteiger partial charge < -0.3 is 35.4 Å². The molecule has 13 nitrogen and oxygen atoms in total. The lowest BCUT2D eigenvalue weighted by molar-refractivity contribution is -0.150. The minimum absolute atomic E-state index is 0.0119. The van der Waals surface area contributed by atoms with Crippen molar-refractivity contribution in [3.8, 4) is 0 Å². The van der Waals surface area contributed by atoms with E-state index in [1.807, 2.05) is 20.8 Å². The smallest absolute Gasteiger partial charge is 0.305 e. The summed E-state index contributed by atoms with van der Waals surface area (Å²) in [5.74, 6) is -1.73. The molecule has 0 saturated heterocycles. The van der Waals surface area contributed by atoms with Gasteiger partial charge in [-0.05, 0) is 30.7 Å². The van der Waals surface area contributed by atoms with Crippen molar-refractivity contribution in [1.29, 1.82) is 0 Å². The van der Waals surface area contributed by atoms with Gasteiger partial charge in [-0.3, -0.25) is 14.4 Å². The van der Waals surface area contributed by atoms with Crippen LogP contribution in [0.15, 0.2) is 17.3 Å². The number of aliphatic hydroxyl groups excluding tert-OH is 3. The molecular formula is C27H49N5O8. The van der Waals surface area contributed by atoms with Crippen LogP contribution in [0, 0.1) is 5.41 Å². The van der Waals surface area contributed by atoms with Crippen LogP contribution in [-0.2, 0) is 23.9 Å². The van der Waals surface area contributed by atoms with E-state index >= 15 is 0 Å². The second-order valence-corrected chi connectivity index (χ2v) is 10.8. The van der Waals surface area contributed by atoms with Gasteiger partial charge in [-0.2, -0.15) is 0 Å². The molecule has 2 amide bonds. The number of hydrogen-bond donors (Lipinski definition) is 5. The number of nitrogens with zero attached hydrogens (tertiary/aromatic N) is 3. The first kappa shape index (κ1) is 37.3. The van der Waals surface area contributed by atoms with Gasteiger partial charge in [0.15, 0.2) is 6.10 Å². The van der Waals surface area contributed by atoms with Crippen LogP contribution in [0.1, 0.15) is 79.1 Å². The van der Waals surface area contributed by atoms with Crippen LogP contribution in [0.5, 0.6) is 0 Å². The van der Waals surface area contributed by atoms with Crippen LogP contribution in [0.25, 0.3) is 10.4 Å². The number of esters is 1. The normalized spacial score (nSPS) is 15.4. The molecule has 0 radical (unpaired) electrons. The lowest BCUT2D eigenvalue weighted by atomic mass is 9.94. The third-order valence-electron chi connectivity index (χ3n) is 5.93. The van der Waals surface area contributed by atoms with Gasteiger partial charge in [-0.25, -0.2) is 0 Å². The van der Waals surface area contributed by atoms with Gasteiger partial charge in [-0.15, -0.1) is 0 Å². The van der Waals surface area contributed by atoms with Crippen LogP contribution in [0.4, 0.5) is 0 Å². The summed E-state index contributed by atoms with van der Waals surface area (Å²) in [6.07, 6.45) is 3.57. The summed E-state index contributed by atoms with van der Waals surface area (Å²) < 4.78 is 10.1. The van der Waals surface area contributed by atoms with E-state index in [2.05, 4.69) is 20.7 Å². The first-order valence-electron chi connectivity index (χ1n) is 13.8. The van der Waals surface area contributed by atoms with Gasteiger partial charge in [-0.1, -0.05) is 70.1 Å². The molecule has 13 heteroatoms. The van der Waals surface area contributed by atoms with Gasteiger partial charge in [0.2, 0.25) is 5.91 Å². The maximum atomic E-state index is 12.6. The van der Waals surface area contributed by atoms with Crippen molar-refractivity contribution in [2.75, 3.05) is 26.8 Å². The van der Waals surface area contributed by atoms with E-state index in [1.54, 1.807) is 6.08 Å². The zero-order chi connectivity index (χ0) is 30.6. The number of amides is 2. The Labute approximate surface area is 237 Å². The van der Waals surface area contributed by atoms with Crippen molar-refractivity contribution < 1.29 is 39.2 Å². The highest BCUT2D eigenvalue weighted by Crippen LogP contribution is 2.17. The SMILES string of the molecule is CO[C@@H](C(=O)N[C@@H](C)C(=O)NCCOC(=O)CCCCCCCCCN=[N+]=[N-])[C@H](O)[C@@H](O)[C@H](O)/C=C/C(C)(C)C.